The molecule has 102 valence electrons. The highest BCUT2D eigenvalue weighted by Crippen LogP contribution is 2.26. The lowest BCUT2D eigenvalue weighted by atomic mass is 9.97. The Kier molecular flexibility index (Phi) is 2.71. The van der Waals surface area contributed by atoms with Gasteiger partial charge in [-0.3, -0.25) is 9.78 Å². The van der Waals surface area contributed by atoms with Crippen LogP contribution in [0.5, 0.6) is 0 Å². The molecule has 0 amide bonds. The molecule has 0 aliphatic carbocycles. The van der Waals surface area contributed by atoms with Gasteiger partial charge in [-0.05, 0) is 29.5 Å². The second kappa shape index (κ2) is 4.70. The number of nitrogens with zero attached hydrogens (tertiary/aromatic N) is 1. The number of anilines is 1. The van der Waals surface area contributed by atoms with Crippen LogP contribution >= 0.6 is 0 Å². The predicted octanol–water partition coefficient (Wildman–Crippen LogP) is 3.43. The number of rotatable bonds is 2. The van der Waals surface area contributed by atoms with Crippen LogP contribution in [0.3, 0.4) is 0 Å². The zero-order valence-corrected chi connectivity index (χ0v) is 11.5. The number of carbonyl (C=O) groups is 1. The van der Waals surface area contributed by atoms with Crippen LogP contribution in [-0.4, -0.2) is 17.3 Å². The summed E-state index contributed by atoms with van der Waals surface area (Å²) >= 11 is 0. The highest BCUT2D eigenvalue weighted by atomic mass is 16.1. The minimum atomic E-state index is 0.0586. The molecular weight excluding hydrogens is 260 g/mol. The Morgan fingerprint density at radius 2 is 2.10 bits per heavy atom. The molecule has 0 atom stereocenters. The van der Waals surface area contributed by atoms with E-state index in [2.05, 4.69) is 16.4 Å². The van der Waals surface area contributed by atoms with Crippen LogP contribution in [-0.2, 0) is 6.42 Å². The van der Waals surface area contributed by atoms with Gasteiger partial charge < -0.3 is 5.32 Å². The first-order valence-electron chi connectivity index (χ1n) is 7.07. The molecule has 2 heterocycles. The van der Waals surface area contributed by atoms with Crippen molar-refractivity contribution in [1.82, 2.24) is 4.98 Å². The number of hydrogen-bond donors (Lipinski definition) is 1. The number of benzene rings is 2. The highest BCUT2D eigenvalue weighted by molar-refractivity contribution is 6.16. The third-order valence-corrected chi connectivity index (χ3v) is 4.01. The van der Waals surface area contributed by atoms with Crippen molar-refractivity contribution in [2.24, 2.45) is 0 Å². The summed E-state index contributed by atoms with van der Waals surface area (Å²) in [7, 11) is 0. The summed E-state index contributed by atoms with van der Waals surface area (Å²) in [4.78, 5) is 16.9. The number of ketones is 1. The largest absolute Gasteiger partial charge is 0.384 e. The first-order chi connectivity index (χ1) is 10.3. The molecule has 21 heavy (non-hydrogen) atoms. The van der Waals surface area contributed by atoms with Gasteiger partial charge in [0.05, 0.1) is 0 Å². The number of aromatic nitrogens is 1. The lowest BCUT2D eigenvalue weighted by Gasteiger charge is -2.07. The third-order valence-electron chi connectivity index (χ3n) is 4.01. The van der Waals surface area contributed by atoms with E-state index < -0.39 is 0 Å². The molecule has 1 aliphatic heterocycles. The topological polar surface area (TPSA) is 42.0 Å². The molecule has 1 aromatic heterocycles. The van der Waals surface area contributed by atoms with Gasteiger partial charge in [-0.2, -0.15) is 0 Å². The minimum Gasteiger partial charge on any atom is -0.384 e. The van der Waals surface area contributed by atoms with Crippen molar-refractivity contribution in [3.8, 4) is 0 Å². The molecule has 0 saturated heterocycles. The molecule has 2 aromatic carbocycles. The van der Waals surface area contributed by atoms with Crippen molar-refractivity contribution in [3.63, 3.8) is 0 Å². The van der Waals surface area contributed by atoms with Crippen LogP contribution < -0.4 is 5.32 Å². The Balaban J connectivity index is 1.83. The van der Waals surface area contributed by atoms with E-state index in [0.29, 0.717) is 0 Å². The Bertz CT molecular complexity index is 849. The Labute approximate surface area is 122 Å². The second-order valence-electron chi connectivity index (χ2n) is 5.28. The van der Waals surface area contributed by atoms with Crippen molar-refractivity contribution in [3.05, 3.63) is 71.5 Å². The molecule has 1 N–H and O–H groups in total. The highest BCUT2D eigenvalue weighted by Gasteiger charge is 2.16. The van der Waals surface area contributed by atoms with Crippen molar-refractivity contribution < 1.29 is 4.79 Å². The fraction of sp³-hybridized carbons (Fsp3) is 0.111. The lowest BCUT2D eigenvalue weighted by molar-refractivity contribution is 0.104. The molecule has 0 bridgehead atoms. The van der Waals surface area contributed by atoms with Gasteiger partial charge in [-0.1, -0.05) is 30.3 Å². The van der Waals surface area contributed by atoms with Gasteiger partial charge in [0.1, 0.15) is 0 Å². The summed E-state index contributed by atoms with van der Waals surface area (Å²) in [5.74, 6) is 0.0586. The maximum Gasteiger partial charge on any atom is 0.193 e. The third kappa shape index (κ3) is 1.98. The Morgan fingerprint density at radius 1 is 1.14 bits per heavy atom. The van der Waals surface area contributed by atoms with Crippen LogP contribution in [0.4, 0.5) is 5.69 Å². The molecule has 0 radical (unpaired) electrons. The van der Waals surface area contributed by atoms with Crippen LogP contribution in [0.25, 0.3) is 10.8 Å². The van der Waals surface area contributed by atoms with E-state index in [9.17, 15) is 4.79 Å². The van der Waals surface area contributed by atoms with Gasteiger partial charge in [0.25, 0.3) is 0 Å². The molecule has 0 unspecified atom stereocenters. The number of hydrogen-bond acceptors (Lipinski definition) is 3. The maximum atomic E-state index is 12.8. The lowest BCUT2D eigenvalue weighted by Crippen LogP contribution is -2.03. The van der Waals surface area contributed by atoms with E-state index in [4.69, 9.17) is 0 Å². The summed E-state index contributed by atoms with van der Waals surface area (Å²) in [5.41, 5.74) is 3.83. The van der Waals surface area contributed by atoms with E-state index in [1.807, 2.05) is 36.4 Å². The predicted molar refractivity (Wildman–Crippen MR) is 83.8 cm³/mol. The van der Waals surface area contributed by atoms with Crippen LogP contribution in [0.15, 0.2) is 54.9 Å². The van der Waals surface area contributed by atoms with E-state index in [0.717, 1.165) is 40.6 Å². The standard InChI is InChI=1S/C18H14N2O/c21-18(13-5-4-12-6-9-20-17(12)10-13)16-3-1-2-14-11-19-8-7-15(14)16/h1-5,7-8,10-11,20H,6,9H2. The fourth-order valence-electron chi connectivity index (χ4n) is 2.91. The number of pyridine rings is 1. The van der Waals surface area contributed by atoms with Gasteiger partial charge in [-0.25, -0.2) is 0 Å². The van der Waals surface area contributed by atoms with E-state index in [1.54, 1.807) is 12.4 Å². The van der Waals surface area contributed by atoms with Gasteiger partial charge >= 0.3 is 0 Å². The number of nitrogens with one attached hydrogen (secondary N) is 1. The van der Waals surface area contributed by atoms with Crippen LogP contribution in [0.2, 0.25) is 0 Å². The van der Waals surface area contributed by atoms with Gasteiger partial charge in [0.15, 0.2) is 5.78 Å². The Morgan fingerprint density at radius 3 is 3.05 bits per heavy atom. The summed E-state index contributed by atoms with van der Waals surface area (Å²) in [6.45, 7) is 0.951. The molecular formula is C18H14N2O. The summed E-state index contributed by atoms with van der Waals surface area (Å²) in [6, 6.07) is 13.6. The van der Waals surface area contributed by atoms with Gasteiger partial charge in [0, 0.05) is 41.1 Å². The molecule has 0 spiro atoms. The van der Waals surface area contributed by atoms with Crippen LogP contribution in [0, 0.1) is 0 Å². The SMILES string of the molecule is O=C(c1ccc2c(c1)NCC2)c1cccc2cnccc12. The fourth-order valence-corrected chi connectivity index (χ4v) is 2.91. The maximum absolute atomic E-state index is 12.8. The zero-order chi connectivity index (χ0) is 14.2. The van der Waals surface area contributed by atoms with E-state index in [1.165, 1.54) is 5.56 Å². The number of fused-ring (bicyclic) bond motifs is 2. The summed E-state index contributed by atoms with van der Waals surface area (Å²) < 4.78 is 0. The molecule has 3 nitrogen and oxygen atoms in total. The average Bonchev–Trinajstić information content (AvgIpc) is 3.01. The molecule has 1 aliphatic rings. The Hall–Kier alpha value is -2.68. The zero-order valence-electron chi connectivity index (χ0n) is 11.5. The average molecular weight is 274 g/mol. The van der Waals surface area contributed by atoms with Gasteiger partial charge in [0.2, 0.25) is 0 Å². The smallest absolute Gasteiger partial charge is 0.193 e. The first-order valence-corrected chi connectivity index (χ1v) is 7.07. The van der Waals surface area contributed by atoms with Crippen LogP contribution in [0.1, 0.15) is 21.5 Å². The number of carbonyl (C=O) groups excluding carboxylic acids is 1. The van der Waals surface area contributed by atoms with Crippen molar-refractivity contribution in [2.45, 2.75) is 6.42 Å². The normalized spacial score (nSPS) is 13.0. The first kappa shape index (κ1) is 12.1. The van der Waals surface area contributed by atoms with Crippen molar-refractivity contribution in [1.29, 1.82) is 0 Å². The molecule has 3 heteroatoms. The van der Waals surface area contributed by atoms with Gasteiger partial charge in [-0.15, -0.1) is 0 Å². The summed E-state index contributed by atoms with van der Waals surface area (Å²) in [6.07, 6.45) is 4.55. The molecule has 3 aromatic rings. The van der Waals surface area contributed by atoms with Crippen molar-refractivity contribution >= 4 is 22.2 Å². The molecule has 4 rings (SSSR count). The molecule has 0 fully saturated rings. The van der Waals surface area contributed by atoms with Crippen molar-refractivity contribution in [2.75, 3.05) is 11.9 Å². The monoisotopic (exact) mass is 274 g/mol. The minimum absolute atomic E-state index is 0.0586. The molecule has 0 saturated carbocycles. The second-order valence-corrected chi connectivity index (χ2v) is 5.28. The summed E-state index contributed by atoms with van der Waals surface area (Å²) in [5, 5.41) is 5.26. The quantitative estimate of drug-likeness (QED) is 0.728. The van der Waals surface area contributed by atoms with E-state index in [-0.39, 0.29) is 5.78 Å². The van der Waals surface area contributed by atoms with E-state index >= 15 is 0 Å².